The van der Waals surface area contributed by atoms with Gasteiger partial charge in [-0.3, -0.25) is 9.59 Å². The topological polar surface area (TPSA) is 74.4 Å². The molecule has 31 heavy (non-hydrogen) atoms. The van der Waals surface area contributed by atoms with Crippen molar-refractivity contribution in [2.75, 3.05) is 5.06 Å². The molecule has 3 aromatic carbocycles. The van der Waals surface area contributed by atoms with E-state index in [-0.39, 0.29) is 11.8 Å². The molecular weight excluding hydrogens is 390 g/mol. The fourth-order valence-electron chi connectivity index (χ4n) is 3.33. The summed E-state index contributed by atoms with van der Waals surface area (Å²) < 4.78 is 0. The zero-order chi connectivity index (χ0) is 21.8. The van der Waals surface area contributed by atoms with E-state index >= 15 is 0 Å². The number of aromatic nitrogens is 1. The van der Waals surface area contributed by atoms with E-state index in [9.17, 15) is 9.59 Å². The Morgan fingerprint density at radius 1 is 0.968 bits per heavy atom. The van der Waals surface area contributed by atoms with Crippen LogP contribution in [0.3, 0.4) is 0 Å². The molecule has 0 radical (unpaired) electrons. The highest BCUT2D eigenvalue weighted by molar-refractivity contribution is 5.96. The van der Waals surface area contributed by atoms with Crippen LogP contribution in [0.4, 0.5) is 5.69 Å². The molecule has 0 atom stereocenters. The number of nitrogens with zero attached hydrogens (tertiary/aromatic N) is 1. The number of amides is 2. The number of aromatic amines is 1. The molecule has 0 fully saturated rings. The molecule has 156 valence electrons. The van der Waals surface area contributed by atoms with Gasteiger partial charge in [-0.25, -0.2) is 0 Å². The molecule has 0 bridgehead atoms. The predicted octanol–water partition coefficient (Wildman–Crippen LogP) is 4.75. The molecule has 0 aliphatic heterocycles. The number of hydrogen-bond donors (Lipinski definition) is 2. The summed E-state index contributed by atoms with van der Waals surface area (Å²) in [6.45, 7) is 3.83. The molecule has 1 heterocycles. The molecule has 6 nitrogen and oxygen atoms in total. The summed E-state index contributed by atoms with van der Waals surface area (Å²) in [6, 6.07) is 22.1. The number of carbonyl (C=O) groups excluding carboxylic acids is 2. The Bertz CT molecular complexity index is 1210. The lowest BCUT2D eigenvalue weighted by atomic mass is 10.1. The summed E-state index contributed by atoms with van der Waals surface area (Å²) in [7, 11) is 0. The van der Waals surface area contributed by atoms with Crippen LogP contribution in [-0.2, 0) is 11.3 Å². The summed E-state index contributed by atoms with van der Waals surface area (Å²) in [6.07, 6.45) is 1.88. The van der Waals surface area contributed by atoms with Gasteiger partial charge in [-0.05, 0) is 61.0 Å². The van der Waals surface area contributed by atoms with Gasteiger partial charge in [-0.1, -0.05) is 29.8 Å². The van der Waals surface area contributed by atoms with Gasteiger partial charge >= 0.3 is 0 Å². The van der Waals surface area contributed by atoms with E-state index in [0.29, 0.717) is 23.5 Å². The van der Waals surface area contributed by atoms with E-state index in [1.54, 1.807) is 36.4 Å². The van der Waals surface area contributed by atoms with Crippen LogP contribution in [0, 0.1) is 6.92 Å². The van der Waals surface area contributed by atoms with Crippen LogP contribution >= 0.6 is 0 Å². The van der Waals surface area contributed by atoms with Crippen molar-refractivity contribution < 1.29 is 14.4 Å². The Morgan fingerprint density at radius 3 is 2.42 bits per heavy atom. The maximum atomic E-state index is 12.6. The molecule has 2 N–H and O–H groups in total. The van der Waals surface area contributed by atoms with Crippen molar-refractivity contribution in [2.45, 2.75) is 20.4 Å². The fourth-order valence-corrected chi connectivity index (χ4v) is 3.33. The van der Waals surface area contributed by atoms with Gasteiger partial charge < -0.3 is 15.1 Å². The molecule has 0 spiro atoms. The first-order valence-corrected chi connectivity index (χ1v) is 10.00. The van der Waals surface area contributed by atoms with Gasteiger partial charge in [0.05, 0.1) is 5.69 Å². The molecule has 6 heteroatoms. The van der Waals surface area contributed by atoms with Crippen LogP contribution in [0.2, 0.25) is 0 Å². The van der Waals surface area contributed by atoms with E-state index in [0.717, 1.165) is 22.0 Å². The summed E-state index contributed by atoms with van der Waals surface area (Å²) in [5.41, 5.74) is 4.22. The van der Waals surface area contributed by atoms with Crippen molar-refractivity contribution in [1.82, 2.24) is 10.3 Å². The van der Waals surface area contributed by atoms with Gasteiger partial charge in [-0.2, -0.15) is 0 Å². The van der Waals surface area contributed by atoms with Crippen molar-refractivity contribution in [2.24, 2.45) is 0 Å². The zero-order valence-electron chi connectivity index (χ0n) is 17.4. The number of rotatable bonds is 6. The van der Waals surface area contributed by atoms with Crippen LogP contribution in [-0.4, -0.2) is 16.8 Å². The van der Waals surface area contributed by atoms with Crippen molar-refractivity contribution in [3.05, 3.63) is 95.7 Å². The Kier molecular flexibility index (Phi) is 5.71. The van der Waals surface area contributed by atoms with E-state index < -0.39 is 0 Å². The maximum absolute atomic E-state index is 12.6. The summed E-state index contributed by atoms with van der Waals surface area (Å²) in [5.74, 6) is 0.104. The standard InChI is InChI=1S/C25H23N3O3/c1-17-6-12-22(13-7-17)31-28(18(2)29)21-10-8-19(9-11-21)25(30)27-16-20-4-3-5-24-23(20)14-15-26-24/h3-15,26H,16H2,1-2H3,(H,27,30). The molecule has 0 saturated heterocycles. The number of carbonyl (C=O) groups is 2. The lowest BCUT2D eigenvalue weighted by Crippen LogP contribution is -2.32. The summed E-state index contributed by atoms with van der Waals surface area (Å²) in [4.78, 5) is 33.6. The van der Waals surface area contributed by atoms with Crippen molar-refractivity contribution in [3.63, 3.8) is 0 Å². The second kappa shape index (κ2) is 8.75. The molecule has 4 aromatic rings. The molecule has 0 aliphatic rings. The SMILES string of the molecule is CC(=O)N(Oc1ccc(C)cc1)c1ccc(C(=O)NCc2cccc3[nH]ccc23)cc1. The average Bonchev–Trinajstić information content (AvgIpc) is 3.26. The zero-order valence-corrected chi connectivity index (χ0v) is 17.4. The number of benzene rings is 3. The van der Waals surface area contributed by atoms with E-state index in [2.05, 4.69) is 10.3 Å². The van der Waals surface area contributed by atoms with E-state index in [1.807, 2.05) is 49.5 Å². The maximum Gasteiger partial charge on any atom is 0.256 e. The normalized spacial score (nSPS) is 10.6. The third-order valence-corrected chi connectivity index (χ3v) is 4.99. The third-order valence-electron chi connectivity index (χ3n) is 4.99. The molecular formula is C25H23N3O3. The first-order chi connectivity index (χ1) is 15.0. The molecule has 1 aromatic heterocycles. The Morgan fingerprint density at radius 2 is 1.71 bits per heavy atom. The minimum Gasteiger partial charge on any atom is -0.372 e. The Labute approximate surface area is 180 Å². The summed E-state index contributed by atoms with van der Waals surface area (Å²) in [5, 5.41) is 5.24. The second-order valence-corrected chi connectivity index (χ2v) is 7.30. The first kappa shape index (κ1) is 20.2. The van der Waals surface area contributed by atoms with Gasteiger partial charge in [0.25, 0.3) is 11.8 Å². The number of fused-ring (bicyclic) bond motifs is 1. The Balaban J connectivity index is 1.44. The number of nitrogens with one attached hydrogen (secondary N) is 2. The highest BCUT2D eigenvalue weighted by Crippen LogP contribution is 2.21. The van der Waals surface area contributed by atoms with E-state index in [4.69, 9.17) is 4.84 Å². The van der Waals surface area contributed by atoms with Crippen LogP contribution in [0.5, 0.6) is 5.75 Å². The average molecular weight is 413 g/mol. The largest absolute Gasteiger partial charge is 0.372 e. The molecule has 0 unspecified atom stereocenters. The fraction of sp³-hybridized carbons (Fsp3) is 0.120. The number of H-pyrrole nitrogens is 1. The van der Waals surface area contributed by atoms with Crippen LogP contribution in [0.25, 0.3) is 10.9 Å². The molecule has 2 amide bonds. The first-order valence-electron chi connectivity index (χ1n) is 10.00. The number of anilines is 1. The van der Waals surface area contributed by atoms with Crippen molar-refractivity contribution in [3.8, 4) is 5.75 Å². The van der Waals surface area contributed by atoms with Crippen molar-refractivity contribution >= 4 is 28.4 Å². The number of aryl methyl sites for hydroxylation is 1. The minimum atomic E-state index is -0.266. The molecule has 4 rings (SSSR count). The van der Waals surface area contributed by atoms with Crippen LogP contribution in [0.15, 0.2) is 79.0 Å². The highest BCUT2D eigenvalue weighted by Gasteiger charge is 2.15. The van der Waals surface area contributed by atoms with Gasteiger partial charge in [-0.15, -0.1) is 5.06 Å². The Hall–Kier alpha value is -4.06. The quantitative estimate of drug-likeness (QED) is 0.448. The molecule has 0 aliphatic carbocycles. The van der Waals surface area contributed by atoms with Crippen LogP contribution < -0.4 is 15.2 Å². The third kappa shape index (κ3) is 4.59. The number of hydroxylamine groups is 1. The van der Waals surface area contributed by atoms with Crippen LogP contribution in [0.1, 0.15) is 28.4 Å². The molecule has 0 saturated carbocycles. The van der Waals surface area contributed by atoms with Crippen molar-refractivity contribution in [1.29, 1.82) is 0 Å². The van der Waals surface area contributed by atoms with Gasteiger partial charge in [0, 0.05) is 36.1 Å². The lowest BCUT2D eigenvalue weighted by Gasteiger charge is -2.21. The number of hydrogen-bond acceptors (Lipinski definition) is 3. The summed E-state index contributed by atoms with van der Waals surface area (Å²) >= 11 is 0. The second-order valence-electron chi connectivity index (χ2n) is 7.30. The lowest BCUT2D eigenvalue weighted by molar-refractivity contribution is -0.120. The minimum absolute atomic E-state index is 0.187. The monoisotopic (exact) mass is 413 g/mol. The van der Waals surface area contributed by atoms with Gasteiger partial charge in [0.15, 0.2) is 5.75 Å². The highest BCUT2D eigenvalue weighted by atomic mass is 16.7. The van der Waals surface area contributed by atoms with Gasteiger partial charge in [0.1, 0.15) is 0 Å². The predicted molar refractivity (Wildman–Crippen MR) is 121 cm³/mol. The smallest absolute Gasteiger partial charge is 0.256 e. The van der Waals surface area contributed by atoms with E-state index in [1.165, 1.54) is 12.0 Å². The van der Waals surface area contributed by atoms with Gasteiger partial charge in [0.2, 0.25) is 0 Å².